The van der Waals surface area contributed by atoms with Crippen LogP contribution in [0, 0.1) is 13.8 Å². The summed E-state index contributed by atoms with van der Waals surface area (Å²) in [6, 6.07) is 0.607. The highest BCUT2D eigenvalue weighted by molar-refractivity contribution is 7.11. The average molecular weight is 266 g/mol. The van der Waals surface area contributed by atoms with Crippen molar-refractivity contribution >= 4 is 17.3 Å². The van der Waals surface area contributed by atoms with Gasteiger partial charge >= 0.3 is 0 Å². The predicted octanol–water partition coefficient (Wildman–Crippen LogP) is 2.67. The molecule has 1 atom stereocenters. The van der Waals surface area contributed by atoms with E-state index in [9.17, 15) is 0 Å². The van der Waals surface area contributed by atoms with Gasteiger partial charge < -0.3 is 11.1 Å². The van der Waals surface area contributed by atoms with E-state index in [1.54, 1.807) is 11.3 Å². The number of hydrogen-bond acceptors (Lipinski definition) is 3. The molecule has 5 heteroatoms. The molecule has 0 spiro atoms. The van der Waals surface area contributed by atoms with Crippen LogP contribution in [0.1, 0.15) is 54.2 Å². The van der Waals surface area contributed by atoms with Gasteiger partial charge in [-0.15, -0.1) is 11.3 Å². The van der Waals surface area contributed by atoms with Crippen molar-refractivity contribution in [2.45, 2.75) is 58.5 Å². The second-order valence-corrected chi connectivity index (χ2v) is 6.24. The quantitative estimate of drug-likeness (QED) is 0.653. The van der Waals surface area contributed by atoms with Gasteiger partial charge in [-0.1, -0.05) is 12.8 Å². The minimum Gasteiger partial charge on any atom is -0.370 e. The lowest BCUT2D eigenvalue weighted by Gasteiger charge is -2.14. The van der Waals surface area contributed by atoms with Gasteiger partial charge in [0, 0.05) is 4.88 Å². The molecule has 3 N–H and O–H groups in total. The van der Waals surface area contributed by atoms with E-state index < -0.39 is 0 Å². The third-order valence-electron chi connectivity index (χ3n) is 3.34. The number of aromatic nitrogens is 1. The smallest absolute Gasteiger partial charge is 0.189 e. The maximum atomic E-state index is 5.97. The summed E-state index contributed by atoms with van der Waals surface area (Å²) in [4.78, 5) is 10.2. The molecule has 2 rings (SSSR count). The Hall–Kier alpha value is -1.10. The Morgan fingerprint density at radius 2 is 2.11 bits per heavy atom. The monoisotopic (exact) mass is 266 g/mol. The standard InChI is InChI=1S/C13H22N4S/c1-8-12(18-10(3)15-8)9(2)16-13(14)17-11-6-4-5-7-11/h9,11H,4-7H2,1-3H3,(H3,14,16,17). The number of aliphatic imine (C=N–C) groups is 1. The SMILES string of the molecule is Cc1nc(C)c(C(C)NC(N)=NC2CCCC2)s1. The molecular weight excluding hydrogens is 244 g/mol. The van der Waals surface area contributed by atoms with Crippen molar-refractivity contribution in [3.05, 3.63) is 15.6 Å². The molecule has 1 heterocycles. The van der Waals surface area contributed by atoms with E-state index in [-0.39, 0.29) is 6.04 Å². The molecule has 1 aromatic rings. The van der Waals surface area contributed by atoms with Crippen molar-refractivity contribution in [2.24, 2.45) is 10.7 Å². The number of guanidine groups is 1. The normalized spacial score (nSPS) is 19.2. The van der Waals surface area contributed by atoms with Crippen LogP contribution in [0.5, 0.6) is 0 Å². The maximum Gasteiger partial charge on any atom is 0.189 e. The summed E-state index contributed by atoms with van der Waals surface area (Å²) < 4.78 is 0. The lowest BCUT2D eigenvalue weighted by Crippen LogP contribution is -2.34. The number of aryl methyl sites for hydroxylation is 2. The predicted molar refractivity (Wildman–Crippen MR) is 77.0 cm³/mol. The maximum absolute atomic E-state index is 5.97. The summed E-state index contributed by atoms with van der Waals surface area (Å²) in [6.07, 6.45) is 4.92. The third kappa shape index (κ3) is 3.22. The highest BCUT2D eigenvalue weighted by Gasteiger charge is 2.16. The van der Waals surface area contributed by atoms with Crippen molar-refractivity contribution in [2.75, 3.05) is 0 Å². The van der Waals surface area contributed by atoms with Crippen LogP contribution in [0.3, 0.4) is 0 Å². The lowest BCUT2D eigenvalue weighted by atomic mass is 10.2. The second-order valence-electron chi connectivity index (χ2n) is 5.00. The van der Waals surface area contributed by atoms with Crippen molar-refractivity contribution in [1.29, 1.82) is 0 Å². The van der Waals surface area contributed by atoms with Crippen LogP contribution in [0.4, 0.5) is 0 Å². The Labute approximate surface area is 113 Å². The molecule has 0 aromatic carbocycles. The fourth-order valence-corrected chi connectivity index (χ4v) is 3.43. The molecule has 18 heavy (non-hydrogen) atoms. The van der Waals surface area contributed by atoms with Gasteiger partial charge in [0.2, 0.25) is 0 Å². The molecule has 0 bridgehead atoms. The molecule has 4 nitrogen and oxygen atoms in total. The van der Waals surface area contributed by atoms with Gasteiger partial charge in [-0.3, -0.25) is 4.99 Å². The second kappa shape index (κ2) is 5.69. The minimum atomic E-state index is 0.182. The lowest BCUT2D eigenvalue weighted by molar-refractivity contribution is 0.672. The zero-order chi connectivity index (χ0) is 13.1. The number of thiazole rings is 1. The average Bonchev–Trinajstić information content (AvgIpc) is 2.88. The fourth-order valence-electron chi connectivity index (χ4n) is 2.50. The van der Waals surface area contributed by atoms with E-state index in [1.165, 1.54) is 30.6 Å². The molecule has 1 fully saturated rings. The van der Waals surface area contributed by atoms with Gasteiger partial charge in [0.15, 0.2) is 5.96 Å². The van der Waals surface area contributed by atoms with E-state index in [2.05, 4.69) is 22.2 Å². The molecule has 1 aliphatic rings. The van der Waals surface area contributed by atoms with Gasteiger partial charge in [0.1, 0.15) is 0 Å². The Morgan fingerprint density at radius 1 is 1.44 bits per heavy atom. The van der Waals surface area contributed by atoms with E-state index in [1.807, 2.05) is 13.8 Å². The Morgan fingerprint density at radius 3 is 2.67 bits per heavy atom. The van der Waals surface area contributed by atoms with Gasteiger partial charge in [0.05, 0.1) is 22.8 Å². The number of rotatable bonds is 3. The number of hydrogen-bond donors (Lipinski definition) is 2. The minimum absolute atomic E-state index is 0.182. The first-order chi connectivity index (χ1) is 8.56. The van der Waals surface area contributed by atoms with Crippen LogP contribution in [-0.4, -0.2) is 17.0 Å². The Balaban J connectivity index is 1.98. The summed E-state index contributed by atoms with van der Waals surface area (Å²) in [7, 11) is 0. The molecule has 1 unspecified atom stereocenters. The molecule has 0 saturated heterocycles. The summed E-state index contributed by atoms with van der Waals surface area (Å²) in [5.74, 6) is 0.569. The molecule has 1 saturated carbocycles. The first-order valence-corrected chi connectivity index (χ1v) is 7.41. The van der Waals surface area contributed by atoms with Crippen LogP contribution < -0.4 is 11.1 Å². The van der Waals surface area contributed by atoms with E-state index >= 15 is 0 Å². The van der Waals surface area contributed by atoms with Crippen molar-refractivity contribution < 1.29 is 0 Å². The highest BCUT2D eigenvalue weighted by Crippen LogP contribution is 2.24. The Kier molecular flexibility index (Phi) is 4.22. The highest BCUT2D eigenvalue weighted by atomic mass is 32.1. The fraction of sp³-hybridized carbons (Fsp3) is 0.692. The molecule has 1 aromatic heterocycles. The molecule has 0 radical (unpaired) electrons. The molecule has 0 amide bonds. The molecule has 1 aliphatic carbocycles. The van der Waals surface area contributed by atoms with Crippen molar-refractivity contribution in [3.63, 3.8) is 0 Å². The zero-order valence-corrected chi connectivity index (χ0v) is 12.2. The van der Waals surface area contributed by atoms with E-state index in [4.69, 9.17) is 5.73 Å². The van der Waals surface area contributed by atoms with Gasteiger partial charge in [-0.05, 0) is 33.6 Å². The topological polar surface area (TPSA) is 63.3 Å². The van der Waals surface area contributed by atoms with Crippen LogP contribution in [0.2, 0.25) is 0 Å². The zero-order valence-electron chi connectivity index (χ0n) is 11.4. The van der Waals surface area contributed by atoms with Gasteiger partial charge in [0.25, 0.3) is 0 Å². The van der Waals surface area contributed by atoms with Gasteiger partial charge in [-0.25, -0.2) is 4.98 Å². The van der Waals surface area contributed by atoms with Crippen LogP contribution in [0.15, 0.2) is 4.99 Å². The van der Waals surface area contributed by atoms with Crippen LogP contribution >= 0.6 is 11.3 Å². The van der Waals surface area contributed by atoms with Crippen molar-refractivity contribution in [1.82, 2.24) is 10.3 Å². The summed E-state index contributed by atoms with van der Waals surface area (Å²) >= 11 is 1.72. The van der Waals surface area contributed by atoms with E-state index in [0.717, 1.165) is 10.7 Å². The van der Waals surface area contributed by atoms with Crippen LogP contribution in [-0.2, 0) is 0 Å². The van der Waals surface area contributed by atoms with Crippen LogP contribution in [0.25, 0.3) is 0 Å². The largest absolute Gasteiger partial charge is 0.370 e. The molecule has 100 valence electrons. The molecule has 0 aliphatic heterocycles. The number of nitrogens with one attached hydrogen (secondary N) is 1. The number of nitrogens with zero attached hydrogens (tertiary/aromatic N) is 2. The summed E-state index contributed by atoms with van der Waals surface area (Å²) in [5.41, 5.74) is 7.06. The number of nitrogens with two attached hydrogens (primary N) is 1. The first kappa shape index (κ1) is 13.3. The first-order valence-electron chi connectivity index (χ1n) is 6.60. The summed E-state index contributed by atoms with van der Waals surface area (Å²) in [6.45, 7) is 6.18. The summed E-state index contributed by atoms with van der Waals surface area (Å²) in [5, 5.41) is 4.37. The van der Waals surface area contributed by atoms with Crippen molar-refractivity contribution in [3.8, 4) is 0 Å². The van der Waals surface area contributed by atoms with Gasteiger partial charge in [-0.2, -0.15) is 0 Å². The van der Waals surface area contributed by atoms with E-state index in [0.29, 0.717) is 12.0 Å². The Bertz CT molecular complexity index is 432. The molecular formula is C13H22N4S. The third-order valence-corrected chi connectivity index (χ3v) is 4.60.